The Morgan fingerprint density at radius 3 is 2.50 bits per heavy atom. The van der Waals surface area contributed by atoms with Crippen LogP contribution >= 0.6 is 0 Å². The van der Waals surface area contributed by atoms with Crippen molar-refractivity contribution in [3.05, 3.63) is 29.3 Å². The van der Waals surface area contributed by atoms with Crippen LogP contribution in [0.3, 0.4) is 0 Å². The lowest BCUT2D eigenvalue weighted by molar-refractivity contribution is -0.00977. The zero-order valence-electron chi connectivity index (χ0n) is 12.6. The molecule has 1 aromatic carbocycles. The molecule has 2 rings (SSSR count). The van der Waals surface area contributed by atoms with Crippen molar-refractivity contribution in [1.82, 2.24) is 0 Å². The van der Waals surface area contributed by atoms with Crippen molar-refractivity contribution in [2.75, 3.05) is 7.11 Å². The SMILES string of the molecule is COc1ccc(C#N)cc1COC1CC(C)CC(C)C1. The van der Waals surface area contributed by atoms with Gasteiger partial charge in [0, 0.05) is 5.56 Å². The Morgan fingerprint density at radius 1 is 1.20 bits per heavy atom. The van der Waals surface area contributed by atoms with Crippen LogP contribution in [0, 0.1) is 23.2 Å². The summed E-state index contributed by atoms with van der Waals surface area (Å²) in [5.74, 6) is 2.26. The van der Waals surface area contributed by atoms with E-state index in [0.29, 0.717) is 18.3 Å². The van der Waals surface area contributed by atoms with Crippen molar-refractivity contribution < 1.29 is 9.47 Å². The Bertz CT molecular complexity index is 482. The van der Waals surface area contributed by atoms with E-state index < -0.39 is 0 Å². The van der Waals surface area contributed by atoms with Gasteiger partial charge in [0.15, 0.2) is 0 Å². The van der Waals surface area contributed by atoms with Crippen molar-refractivity contribution in [3.8, 4) is 11.8 Å². The van der Waals surface area contributed by atoms with Gasteiger partial charge in [-0.25, -0.2) is 0 Å². The number of hydrogen-bond donors (Lipinski definition) is 0. The van der Waals surface area contributed by atoms with E-state index in [4.69, 9.17) is 14.7 Å². The highest BCUT2D eigenvalue weighted by Gasteiger charge is 2.24. The van der Waals surface area contributed by atoms with Crippen molar-refractivity contribution in [3.63, 3.8) is 0 Å². The summed E-state index contributed by atoms with van der Waals surface area (Å²) >= 11 is 0. The van der Waals surface area contributed by atoms with Gasteiger partial charge < -0.3 is 9.47 Å². The molecule has 3 heteroatoms. The van der Waals surface area contributed by atoms with E-state index in [0.717, 1.165) is 36.0 Å². The largest absolute Gasteiger partial charge is 0.496 e. The number of benzene rings is 1. The van der Waals surface area contributed by atoms with Gasteiger partial charge in [-0.2, -0.15) is 5.26 Å². The van der Waals surface area contributed by atoms with Gasteiger partial charge in [0.2, 0.25) is 0 Å². The number of methoxy groups -OCH3 is 1. The van der Waals surface area contributed by atoms with Crippen LogP contribution < -0.4 is 4.74 Å². The van der Waals surface area contributed by atoms with Crippen LogP contribution in [0.2, 0.25) is 0 Å². The molecule has 0 N–H and O–H groups in total. The normalized spacial score (nSPS) is 26.0. The summed E-state index contributed by atoms with van der Waals surface area (Å²) in [6, 6.07) is 7.62. The zero-order valence-corrected chi connectivity index (χ0v) is 12.6. The molecule has 0 spiro atoms. The average molecular weight is 273 g/mol. The van der Waals surface area contributed by atoms with Gasteiger partial charge in [-0.15, -0.1) is 0 Å². The van der Waals surface area contributed by atoms with Crippen LogP contribution in [0.4, 0.5) is 0 Å². The lowest BCUT2D eigenvalue weighted by atomic mass is 9.82. The molecule has 1 saturated carbocycles. The monoisotopic (exact) mass is 273 g/mol. The first kappa shape index (κ1) is 14.9. The van der Waals surface area contributed by atoms with Gasteiger partial charge in [0.1, 0.15) is 5.75 Å². The maximum Gasteiger partial charge on any atom is 0.124 e. The molecular formula is C17H23NO2. The summed E-state index contributed by atoms with van der Waals surface area (Å²) in [6.45, 7) is 5.11. The van der Waals surface area contributed by atoms with E-state index >= 15 is 0 Å². The van der Waals surface area contributed by atoms with Crippen molar-refractivity contribution in [2.45, 2.75) is 45.8 Å². The van der Waals surface area contributed by atoms with E-state index in [1.807, 2.05) is 12.1 Å². The molecule has 1 aromatic rings. The second kappa shape index (κ2) is 6.76. The van der Waals surface area contributed by atoms with Crippen LogP contribution in [0.15, 0.2) is 18.2 Å². The maximum atomic E-state index is 8.98. The quantitative estimate of drug-likeness (QED) is 0.835. The summed E-state index contributed by atoms with van der Waals surface area (Å²) in [6.07, 6.45) is 3.88. The summed E-state index contributed by atoms with van der Waals surface area (Å²) in [5.41, 5.74) is 1.60. The molecule has 20 heavy (non-hydrogen) atoms. The van der Waals surface area contributed by atoms with Crippen LogP contribution in [-0.2, 0) is 11.3 Å². The molecule has 1 aliphatic carbocycles. The Labute approximate surface area is 121 Å². The highest BCUT2D eigenvalue weighted by molar-refractivity contribution is 5.41. The van der Waals surface area contributed by atoms with Crippen LogP contribution in [0.25, 0.3) is 0 Å². The molecule has 0 radical (unpaired) electrons. The molecule has 0 aliphatic heterocycles. The standard InChI is InChI=1S/C17H23NO2/c1-12-6-13(2)8-16(7-12)20-11-15-9-14(10-18)4-5-17(15)19-3/h4-5,9,12-13,16H,6-8,11H2,1-3H3. The predicted octanol–water partition coefficient (Wildman–Crippen LogP) is 3.91. The second-order valence-electron chi connectivity index (χ2n) is 5.99. The lowest BCUT2D eigenvalue weighted by Gasteiger charge is -2.31. The fourth-order valence-corrected chi connectivity index (χ4v) is 3.18. The third kappa shape index (κ3) is 3.74. The number of nitrogens with zero attached hydrogens (tertiary/aromatic N) is 1. The first-order valence-electron chi connectivity index (χ1n) is 7.31. The highest BCUT2D eigenvalue weighted by Crippen LogP contribution is 2.31. The molecule has 2 atom stereocenters. The first-order valence-corrected chi connectivity index (χ1v) is 7.31. The van der Waals surface area contributed by atoms with Crippen LogP contribution in [0.1, 0.15) is 44.2 Å². The van der Waals surface area contributed by atoms with E-state index in [1.54, 1.807) is 13.2 Å². The lowest BCUT2D eigenvalue weighted by Crippen LogP contribution is -2.26. The fraction of sp³-hybridized carbons (Fsp3) is 0.588. The molecule has 1 aliphatic rings. The van der Waals surface area contributed by atoms with Crippen LogP contribution in [-0.4, -0.2) is 13.2 Å². The second-order valence-corrected chi connectivity index (χ2v) is 5.99. The molecule has 0 heterocycles. The summed E-state index contributed by atoms with van der Waals surface area (Å²) in [4.78, 5) is 0. The van der Waals surface area contributed by atoms with Crippen molar-refractivity contribution in [1.29, 1.82) is 5.26 Å². The molecule has 0 amide bonds. The Kier molecular flexibility index (Phi) is 5.03. The molecular weight excluding hydrogens is 250 g/mol. The molecule has 3 nitrogen and oxygen atoms in total. The molecule has 1 fully saturated rings. The molecule has 0 aromatic heterocycles. The highest BCUT2D eigenvalue weighted by atomic mass is 16.5. The topological polar surface area (TPSA) is 42.2 Å². The Balaban J connectivity index is 2.01. The van der Waals surface area contributed by atoms with Crippen molar-refractivity contribution in [2.24, 2.45) is 11.8 Å². The van der Waals surface area contributed by atoms with Gasteiger partial charge in [0.25, 0.3) is 0 Å². The minimum absolute atomic E-state index is 0.323. The summed E-state index contributed by atoms with van der Waals surface area (Å²) in [7, 11) is 1.65. The summed E-state index contributed by atoms with van der Waals surface area (Å²) < 4.78 is 11.4. The average Bonchev–Trinajstić information content (AvgIpc) is 2.43. The van der Waals surface area contributed by atoms with Gasteiger partial charge >= 0.3 is 0 Å². The van der Waals surface area contributed by atoms with Gasteiger partial charge in [-0.1, -0.05) is 13.8 Å². The molecule has 108 valence electrons. The van der Waals surface area contributed by atoms with Crippen LogP contribution in [0.5, 0.6) is 5.75 Å². The van der Waals surface area contributed by atoms with Gasteiger partial charge in [-0.05, 0) is 49.3 Å². The predicted molar refractivity (Wildman–Crippen MR) is 78.5 cm³/mol. The van der Waals surface area contributed by atoms with E-state index in [9.17, 15) is 0 Å². The van der Waals surface area contributed by atoms with Crippen molar-refractivity contribution >= 4 is 0 Å². The number of rotatable bonds is 4. The molecule has 0 bridgehead atoms. The van der Waals surface area contributed by atoms with Gasteiger partial charge in [-0.3, -0.25) is 0 Å². The Hall–Kier alpha value is -1.53. The van der Waals surface area contributed by atoms with E-state index in [1.165, 1.54) is 6.42 Å². The third-order valence-corrected chi connectivity index (χ3v) is 4.02. The minimum atomic E-state index is 0.323. The Morgan fingerprint density at radius 2 is 1.90 bits per heavy atom. The van der Waals surface area contributed by atoms with E-state index in [-0.39, 0.29) is 0 Å². The molecule has 0 saturated heterocycles. The van der Waals surface area contributed by atoms with Gasteiger partial charge in [0.05, 0.1) is 31.5 Å². The maximum absolute atomic E-state index is 8.98. The minimum Gasteiger partial charge on any atom is -0.496 e. The number of nitriles is 1. The number of ether oxygens (including phenoxy) is 2. The zero-order chi connectivity index (χ0) is 14.5. The summed E-state index contributed by atoms with van der Waals surface area (Å²) in [5, 5.41) is 8.98. The smallest absolute Gasteiger partial charge is 0.124 e. The number of hydrogen-bond acceptors (Lipinski definition) is 3. The fourth-order valence-electron chi connectivity index (χ4n) is 3.18. The first-order chi connectivity index (χ1) is 9.62. The van der Waals surface area contributed by atoms with E-state index in [2.05, 4.69) is 19.9 Å². The third-order valence-electron chi connectivity index (χ3n) is 4.02. The molecule has 2 unspecified atom stereocenters.